The van der Waals surface area contributed by atoms with Crippen LogP contribution in [-0.4, -0.2) is 34.5 Å². The van der Waals surface area contributed by atoms with E-state index in [-0.39, 0.29) is 17.7 Å². The van der Waals surface area contributed by atoms with Crippen molar-refractivity contribution in [3.8, 4) is 17.2 Å². The number of nitrogens with zero attached hydrogens (tertiary/aromatic N) is 2. The Balaban J connectivity index is 2.00. The summed E-state index contributed by atoms with van der Waals surface area (Å²) in [7, 11) is 0. The van der Waals surface area contributed by atoms with Gasteiger partial charge in [-0.2, -0.15) is 0 Å². The minimum Gasteiger partial charge on any atom is -0.493 e. The zero-order chi connectivity index (χ0) is 16.7. The molecule has 0 fully saturated rings. The van der Waals surface area contributed by atoms with Gasteiger partial charge in [0.15, 0.2) is 0 Å². The number of para-hydroxylation sites is 1. The summed E-state index contributed by atoms with van der Waals surface area (Å²) in [6.45, 7) is 6.47. The third-order valence-electron chi connectivity index (χ3n) is 3.17. The van der Waals surface area contributed by atoms with E-state index < -0.39 is 0 Å². The van der Waals surface area contributed by atoms with Gasteiger partial charge in [0.05, 0.1) is 17.9 Å². The van der Waals surface area contributed by atoms with Crippen molar-refractivity contribution >= 4 is 17.7 Å². The van der Waals surface area contributed by atoms with E-state index in [0.717, 1.165) is 12.0 Å². The molecule has 0 aliphatic heterocycles. The van der Waals surface area contributed by atoms with E-state index in [1.807, 2.05) is 45.0 Å². The molecule has 7 heteroatoms. The van der Waals surface area contributed by atoms with E-state index >= 15 is 0 Å². The fourth-order valence-electron chi connectivity index (χ4n) is 1.85. The molecule has 1 atom stereocenters. The molecule has 1 amide bonds. The molecular formula is C16H21N3O3S. The highest BCUT2D eigenvalue weighted by Gasteiger charge is 2.15. The largest absolute Gasteiger partial charge is 0.493 e. The van der Waals surface area contributed by atoms with Crippen molar-refractivity contribution in [3.05, 3.63) is 24.3 Å². The number of ether oxygens (including phenoxy) is 1. The van der Waals surface area contributed by atoms with Gasteiger partial charge in [-0.3, -0.25) is 4.79 Å². The van der Waals surface area contributed by atoms with Crippen molar-refractivity contribution in [2.75, 3.05) is 12.4 Å². The molecule has 1 N–H and O–H groups in total. The average molecular weight is 335 g/mol. The number of nitrogens with one attached hydrogen (secondary N) is 1. The first-order chi connectivity index (χ1) is 11.1. The van der Waals surface area contributed by atoms with Gasteiger partial charge in [-0.15, -0.1) is 10.2 Å². The van der Waals surface area contributed by atoms with Gasteiger partial charge in [0, 0.05) is 6.04 Å². The predicted octanol–water partition coefficient (Wildman–Crippen LogP) is 3.14. The van der Waals surface area contributed by atoms with Crippen molar-refractivity contribution < 1.29 is 13.9 Å². The van der Waals surface area contributed by atoms with E-state index in [0.29, 0.717) is 23.5 Å². The highest BCUT2D eigenvalue weighted by Crippen LogP contribution is 2.30. The Morgan fingerprint density at radius 2 is 2.13 bits per heavy atom. The van der Waals surface area contributed by atoms with Gasteiger partial charge in [-0.1, -0.05) is 30.8 Å². The smallest absolute Gasteiger partial charge is 0.277 e. The second-order valence-corrected chi connectivity index (χ2v) is 5.89. The normalized spacial score (nSPS) is 12.0. The molecule has 0 aliphatic carbocycles. The lowest BCUT2D eigenvalue weighted by atomic mass is 10.2. The lowest BCUT2D eigenvalue weighted by Crippen LogP contribution is -2.33. The molecule has 1 aromatic heterocycles. The molecule has 0 bridgehead atoms. The average Bonchev–Trinajstić information content (AvgIpc) is 3.02. The Morgan fingerprint density at radius 1 is 1.35 bits per heavy atom. The topological polar surface area (TPSA) is 77.2 Å². The summed E-state index contributed by atoms with van der Waals surface area (Å²) in [6.07, 6.45) is 0.898. The Labute approximate surface area is 140 Å². The van der Waals surface area contributed by atoms with Gasteiger partial charge in [0.2, 0.25) is 5.91 Å². The third-order valence-corrected chi connectivity index (χ3v) is 3.99. The van der Waals surface area contributed by atoms with Crippen LogP contribution in [0.3, 0.4) is 0 Å². The Kier molecular flexibility index (Phi) is 6.46. The first kappa shape index (κ1) is 17.3. The number of carbonyl (C=O) groups excluding carboxylic acids is 1. The lowest BCUT2D eigenvalue weighted by Gasteiger charge is -2.09. The minimum absolute atomic E-state index is 0.0428. The van der Waals surface area contributed by atoms with Crippen molar-refractivity contribution in [1.29, 1.82) is 0 Å². The zero-order valence-corrected chi connectivity index (χ0v) is 14.4. The summed E-state index contributed by atoms with van der Waals surface area (Å²) in [5.74, 6) is 1.29. The zero-order valence-electron chi connectivity index (χ0n) is 13.5. The van der Waals surface area contributed by atoms with E-state index in [1.54, 1.807) is 0 Å². The SMILES string of the molecule is CCOc1ccccc1-c1nnc(SCC(=O)NC(C)CC)o1. The fraction of sp³-hybridized carbons (Fsp3) is 0.438. The number of hydrogen-bond donors (Lipinski definition) is 1. The van der Waals surface area contributed by atoms with Gasteiger partial charge in [-0.25, -0.2) is 0 Å². The molecule has 23 heavy (non-hydrogen) atoms. The summed E-state index contributed by atoms with van der Waals surface area (Å²) in [5, 5.41) is 11.3. The predicted molar refractivity (Wildman–Crippen MR) is 89.5 cm³/mol. The van der Waals surface area contributed by atoms with Gasteiger partial charge in [-0.05, 0) is 32.4 Å². The van der Waals surface area contributed by atoms with Crippen LogP contribution in [0.2, 0.25) is 0 Å². The van der Waals surface area contributed by atoms with Crippen LogP contribution in [-0.2, 0) is 4.79 Å². The summed E-state index contributed by atoms with van der Waals surface area (Å²) in [6, 6.07) is 7.66. The third kappa shape index (κ3) is 4.99. The highest BCUT2D eigenvalue weighted by atomic mass is 32.2. The maximum atomic E-state index is 11.8. The number of carbonyl (C=O) groups is 1. The summed E-state index contributed by atoms with van der Waals surface area (Å²) < 4.78 is 11.2. The van der Waals surface area contributed by atoms with E-state index in [2.05, 4.69) is 15.5 Å². The van der Waals surface area contributed by atoms with Crippen LogP contribution in [0.5, 0.6) is 5.75 Å². The van der Waals surface area contributed by atoms with Crippen molar-refractivity contribution in [3.63, 3.8) is 0 Å². The number of rotatable bonds is 8. The first-order valence-corrected chi connectivity index (χ1v) is 8.60. The second-order valence-electron chi connectivity index (χ2n) is 4.97. The lowest BCUT2D eigenvalue weighted by molar-refractivity contribution is -0.119. The number of thioether (sulfide) groups is 1. The number of hydrogen-bond acceptors (Lipinski definition) is 6. The monoisotopic (exact) mass is 335 g/mol. The first-order valence-electron chi connectivity index (χ1n) is 7.61. The maximum absolute atomic E-state index is 11.8. The standard InChI is InChI=1S/C16H21N3O3S/c1-4-11(3)17-14(20)10-23-16-19-18-15(22-16)12-8-6-7-9-13(12)21-5-2/h6-9,11H,4-5,10H2,1-3H3,(H,17,20). The molecule has 0 spiro atoms. The van der Waals surface area contributed by atoms with Crippen LogP contribution < -0.4 is 10.1 Å². The van der Waals surface area contributed by atoms with Crippen LogP contribution in [0.15, 0.2) is 33.9 Å². The molecule has 1 heterocycles. The van der Waals surface area contributed by atoms with Crippen LogP contribution in [0.1, 0.15) is 27.2 Å². The summed E-state index contributed by atoms with van der Waals surface area (Å²) in [5.41, 5.74) is 0.748. The molecule has 124 valence electrons. The molecular weight excluding hydrogens is 314 g/mol. The molecule has 0 radical (unpaired) electrons. The van der Waals surface area contributed by atoms with Gasteiger partial charge < -0.3 is 14.5 Å². The summed E-state index contributed by atoms with van der Waals surface area (Å²) in [4.78, 5) is 11.8. The quantitative estimate of drug-likeness (QED) is 0.747. The molecule has 1 aromatic carbocycles. The number of benzene rings is 1. The van der Waals surface area contributed by atoms with E-state index in [4.69, 9.17) is 9.15 Å². The Hall–Kier alpha value is -2.02. The van der Waals surface area contributed by atoms with Crippen LogP contribution in [0, 0.1) is 0 Å². The number of aromatic nitrogens is 2. The van der Waals surface area contributed by atoms with E-state index in [1.165, 1.54) is 11.8 Å². The molecule has 2 rings (SSSR count). The maximum Gasteiger partial charge on any atom is 0.277 e. The van der Waals surface area contributed by atoms with Crippen LogP contribution in [0.4, 0.5) is 0 Å². The number of amides is 1. The van der Waals surface area contributed by atoms with Crippen molar-refractivity contribution in [1.82, 2.24) is 15.5 Å². The molecule has 0 saturated heterocycles. The van der Waals surface area contributed by atoms with Crippen molar-refractivity contribution in [2.45, 2.75) is 38.5 Å². The second kappa shape index (κ2) is 8.57. The van der Waals surface area contributed by atoms with Gasteiger partial charge in [0.25, 0.3) is 11.1 Å². The molecule has 1 unspecified atom stereocenters. The van der Waals surface area contributed by atoms with Crippen LogP contribution in [0.25, 0.3) is 11.5 Å². The minimum atomic E-state index is -0.0428. The summed E-state index contributed by atoms with van der Waals surface area (Å²) >= 11 is 1.22. The van der Waals surface area contributed by atoms with Gasteiger partial charge in [0.1, 0.15) is 5.75 Å². The Morgan fingerprint density at radius 3 is 2.87 bits per heavy atom. The van der Waals surface area contributed by atoms with Crippen molar-refractivity contribution in [2.24, 2.45) is 0 Å². The van der Waals surface area contributed by atoms with E-state index in [9.17, 15) is 4.79 Å². The highest BCUT2D eigenvalue weighted by molar-refractivity contribution is 7.99. The van der Waals surface area contributed by atoms with Gasteiger partial charge >= 0.3 is 0 Å². The molecule has 6 nitrogen and oxygen atoms in total. The molecule has 2 aromatic rings. The molecule has 0 aliphatic rings. The fourth-order valence-corrected chi connectivity index (χ4v) is 2.42. The molecule has 0 saturated carbocycles. The van der Waals surface area contributed by atoms with Crippen LogP contribution >= 0.6 is 11.8 Å². The Bertz CT molecular complexity index is 645.